The molecule has 19 heavy (non-hydrogen) atoms. The third kappa shape index (κ3) is 1.83. The number of carboxylic acids is 1. The van der Waals surface area contributed by atoms with Crippen molar-refractivity contribution in [2.24, 2.45) is 17.3 Å². The van der Waals surface area contributed by atoms with Crippen molar-refractivity contribution in [1.82, 2.24) is 0 Å². The highest BCUT2D eigenvalue weighted by atomic mass is 16.6. The number of hydrogen-bond acceptors (Lipinski definition) is 3. The second kappa shape index (κ2) is 3.95. The van der Waals surface area contributed by atoms with Gasteiger partial charge in [0.05, 0.1) is 29.8 Å². The van der Waals surface area contributed by atoms with Crippen molar-refractivity contribution in [3.05, 3.63) is 0 Å². The lowest BCUT2D eigenvalue weighted by Gasteiger charge is -2.40. The Hall–Kier alpha value is -0.610. The molecule has 0 bridgehead atoms. The van der Waals surface area contributed by atoms with Crippen molar-refractivity contribution in [2.45, 2.75) is 69.9 Å². The minimum atomic E-state index is -0.604. The van der Waals surface area contributed by atoms with E-state index in [0.717, 1.165) is 38.5 Å². The fourth-order valence-corrected chi connectivity index (χ4v) is 4.63. The van der Waals surface area contributed by atoms with Crippen LogP contribution in [-0.4, -0.2) is 35.5 Å². The first-order valence-electron chi connectivity index (χ1n) is 7.64. The first-order valence-corrected chi connectivity index (χ1v) is 7.64. The number of carbonyl (C=O) groups is 1. The maximum atomic E-state index is 11.9. The average Bonchev–Trinajstić information content (AvgIpc) is 3.24. The Bertz CT molecular complexity index is 409. The van der Waals surface area contributed by atoms with Crippen LogP contribution in [0.25, 0.3) is 0 Å². The van der Waals surface area contributed by atoms with E-state index < -0.39 is 11.4 Å². The minimum Gasteiger partial charge on any atom is -0.481 e. The number of carboxylic acid groups (broad SMARTS) is 1. The Balaban J connectivity index is 1.52. The molecule has 0 aromatic heterocycles. The van der Waals surface area contributed by atoms with Gasteiger partial charge >= 0.3 is 5.97 Å². The summed E-state index contributed by atoms with van der Waals surface area (Å²) < 4.78 is 11.2. The van der Waals surface area contributed by atoms with Gasteiger partial charge in [-0.05, 0) is 44.4 Å². The molecule has 2 aliphatic carbocycles. The van der Waals surface area contributed by atoms with Gasteiger partial charge in [0.15, 0.2) is 0 Å². The van der Waals surface area contributed by atoms with Crippen LogP contribution >= 0.6 is 0 Å². The number of epoxide rings is 2. The van der Waals surface area contributed by atoms with Crippen molar-refractivity contribution in [1.29, 1.82) is 0 Å². The number of rotatable bonds is 3. The van der Waals surface area contributed by atoms with E-state index in [9.17, 15) is 9.90 Å². The molecule has 0 radical (unpaired) electrons. The van der Waals surface area contributed by atoms with Crippen LogP contribution in [0.4, 0.5) is 0 Å². The molecule has 4 fully saturated rings. The van der Waals surface area contributed by atoms with Gasteiger partial charge in [0.2, 0.25) is 0 Å². The van der Waals surface area contributed by atoms with E-state index >= 15 is 0 Å². The van der Waals surface area contributed by atoms with E-state index in [1.165, 1.54) is 0 Å². The highest BCUT2D eigenvalue weighted by Crippen LogP contribution is 2.55. The van der Waals surface area contributed by atoms with E-state index in [4.69, 9.17) is 9.47 Å². The summed E-state index contributed by atoms with van der Waals surface area (Å²) in [6, 6.07) is 0. The Morgan fingerprint density at radius 3 is 2.79 bits per heavy atom. The van der Waals surface area contributed by atoms with Crippen molar-refractivity contribution in [3.63, 3.8) is 0 Å². The second-order valence-electron chi connectivity index (χ2n) is 7.02. The standard InChI is InChI=1S/C15H22O4/c1-8-13-11(19-13)4-5-15(8,14(16)17)7-9-2-3-10-12(6-9)18-10/h8-13H,2-7H2,1H3,(H,16,17). The van der Waals surface area contributed by atoms with Gasteiger partial charge in [0.1, 0.15) is 0 Å². The third-order valence-electron chi connectivity index (χ3n) is 6.05. The lowest BCUT2D eigenvalue weighted by molar-refractivity contribution is -0.156. The molecule has 4 nitrogen and oxygen atoms in total. The molecule has 0 aromatic rings. The van der Waals surface area contributed by atoms with Crippen molar-refractivity contribution >= 4 is 5.97 Å². The first-order chi connectivity index (χ1) is 9.10. The minimum absolute atomic E-state index is 0.154. The summed E-state index contributed by atoms with van der Waals surface area (Å²) >= 11 is 0. The van der Waals surface area contributed by atoms with Crippen LogP contribution in [0.3, 0.4) is 0 Å². The van der Waals surface area contributed by atoms with Gasteiger partial charge in [-0.1, -0.05) is 6.92 Å². The van der Waals surface area contributed by atoms with Gasteiger partial charge in [-0.15, -0.1) is 0 Å². The van der Waals surface area contributed by atoms with Crippen LogP contribution < -0.4 is 0 Å². The normalized spacial score (nSPS) is 55.0. The molecule has 2 saturated carbocycles. The number of aliphatic carboxylic acids is 1. The molecule has 4 aliphatic rings. The van der Waals surface area contributed by atoms with Gasteiger partial charge in [0.25, 0.3) is 0 Å². The van der Waals surface area contributed by atoms with Gasteiger partial charge in [0, 0.05) is 5.92 Å². The number of ether oxygens (including phenoxy) is 2. The highest BCUT2D eigenvalue weighted by molar-refractivity contribution is 5.75. The largest absolute Gasteiger partial charge is 0.481 e. The van der Waals surface area contributed by atoms with Crippen molar-refractivity contribution in [2.75, 3.05) is 0 Å². The fourth-order valence-electron chi connectivity index (χ4n) is 4.63. The molecule has 7 unspecified atom stereocenters. The molecule has 0 spiro atoms. The molecule has 0 amide bonds. The Kier molecular flexibility index (Phi) is 2.53. The maximum Gasteiger partial charge on any atom is 0.310 e. The van der Waals surface area contributed by atoms with E-state index in [-0.39, 0.29) is 12.0 Å². The molecule has 2 heterocycles. The Morgan fingerprint density at radius 1 is 1.21 bits per heavy atom. The summed E-state index contributed by atoms with van der Waals surface area (Å²) in [5.41, 5.74) is -0.552. The summed E-state index contributed by atoms with van der Waals surface area (Å²) in [6.45, 7) is 2.08. The van der Waals surface area contributed by atoms with Crippen LogP contribution in [0.15, 0.2) is 0 Å². The van der Waals surface area contributed by atoms with Crippen molar-refractivity contribution < 1.29 is 19.4 Å². The summed E-state index contributed by atoms with van der Waals surface area (Å²) in [6.07, 6.45) is 7.37. The smallest absolute Gasteiger partial charge is 0.310 e. The predicted octanol–water partition coefficient (Wildman–Crippen LogP) is 2.21. The zero-order valence-corrected chi connectivity index (χ0v) is 11.4. The lowest BCUT2D eigenvalue weighted by atomic mass is 9.61. The third-order valence-corrected chi connectivity index (χ3v) is 6.05. The van der Waals surface area contributed by atoms with E-state index in [1.54, 1.807) is 0 Å². The second-order valence-corrected chi connectivity index (χ2v) is 7.02. The van der Waals surface area contributed by atoms with Crippen LogP contribution in [-0.2, 0) is 14.3 Å². The molecule has 106 valence electrons. The Labute approximate surface area is 113 Å². The Morgan fingerprint density at radius 2 is 2.05 bits per heavy atom. The van der Waals surface area contributed by atoms with Gasteiger partial charge in [-0.2, -0.15) is 0 Å². The van der Waals surface area contributed by atoms with Crippen molar-refractivity contribution in [3.8, 4) is 0 Å². The zero-order valence-electron chi connectivity index (χ0n) is 11.4. The quantitative estimate of drug-likeness (QED) is 0.796. The monoisotopic (exact) mass is 266 g/mol. The molecule has 7 atom stereocenters. The number of hydrogen-bond donors (Lipinski definition) is 1. The molecular weight excluding hydrogens is 244 g/mol. The first kappa shape index (κ1) is 12.2. The van der Waals surface area contributed by atoms with Crippen LogP contribution in [0.1, 0.15) is 45.4 Å². The SMILES string of the molecule is CC1C2OC2CCC1(CC1CCC2OC2C1)C(=O)O. The summed E-state index contributed by atoms with van der Waals surface area (Å²) in [5, 5.41) is 9.82. The molecular formula is C15H22O4. The van der Waals surface area contributed by atoms with E-state index in [1.807, 2.05) is 0 Å². The van der Waals surface area contributed by atoms with Crippen LogP contribution in [0.5, 0.6) is 0 Å². The molecule has 2 aliphatic heterocycles. The van der Waals surface area contributed by atoms with E-state index in [0.29, 0.717) is 24.2 Å². The van der Waals surface area contributed by atoms with Crippen LogP contribution in [0, 0.1) is 17.3 Å². The van der Waals surface area contributed by atoms with Crippen LogP contribution in [0.2, 0.25) is 0 Å². The van der Waals surface area contributed by atoms with Gasteiger partial charge in [-0.3, -0.25) is 4.79 Å². The predicted molar refractivity (Wildman–Crippen MR) is 67.7 cm³/mol. The van der Waals surface area contributed by atoms with E-state index in [2.05, 4.69) is 6.92 Å². The molecule has 2 saturated heterocycles. The van der Waals surface area contributed by atoms with Gasteiger partial charge < -0.3 is 14.6 Å². The fraction of sp³-hybridized carbons (Fsp3) is 0.933. The van der Waals surface area contributed by atoms with Gasteiger partial charge in [-0.25, -0.2) is 0 Å². The topological polar surface area (TPSA) is 62.4 Å². The summed E-state index contributed by atoms with van der Waals surface area (Å²) in [5.74, 6) is 0.0759. The number of fused-ring (bicyclic) bond motifs is 2. The molecule has 0 aromatic carbocycles. The lowest BCUT2D eigenvalue weighted by Crippen LogP contribution is -2.45. The zero-order chi connectivity index (χ0) is 13.2. The molecule has 4 rings (SSSR count). The maximum absolute atomic E-state index is 11.9. The highest BCUT2D eigenvalue weighted by Gasteiger charge is 2.60. The molecule has 1 N–H and O–H groups in total. The summed E-state index contributed by atoms with van der Waals surface area (Å²) in [4.78, 5) is 11.9. The molecule has 4 heteroatoms. The average molecular weight is 266 g/mol. The summed E-state index contributed by atoms with van der Waals surface area (Å²) in [7, 11) is 0.